The Bertz CT molecular complexity index is 885. The second-order valence-corrected chi connectivity index (χ2v) is 7.46. The van der Waals surface area contributed by atoms with Crippen molar-refractivity contribution in [2.75, 3.05) is 26.2 Å². The molecule has 0 amide bonds. The first kappa shape index (κ1) is 16.7. The number of nitrogens with zero attached hydrogens (tertiary/aromatic N) is 2. The Kier molecular flexibility index (Phi) is 3.90. The summed E-state index contributed by atoms with van der Waals surface area (Å²) in [7, 11) is 0. The van der Waals surface area contributed by atoms with Crippen LogP contribution in [0.15, 0.2) is 53.5 Å². The van der Waals surface area contributed by atoms with Crippen LogP contribution in [-0.2, 0) is 11.2 Å². The molecule has 2 aromatic rings. The van der Waals surface area contributed by atoms with Crippen molar-refractivity contribution in [3.63, 3.8) is 0 Å². The highest BCUT2D eigenvalue weighted by molar-refractivity contribution is 5.78. The van der Waals surface area contributed by atoms with E-state index < -0.39 is 11.8 Å². The predicted octanol–water partition coefficient (Wildman–Crippen LogP) is 2.84. The van der Waals surface area contributed by atoms with Crippen LogP contribution in [0.3, 0.4) is 0 Å². The maximum atomic E-state index is 14.4. The van der Waals surface area contributed by atoms with Crippen LogP contribution in [0.2, 0.25) is 0 Å². The van der Waals surface area contributed by atoms with E-state index in [-0.39, 0.29) is 11.9 Å². The van der Waals surface area contributed by atoms with Gasteiger partial charge in [0, 0.05) is 19.6 Å². The lowest BCUT2D eigenvalue weighted by atomic mass is 9.88. The molecule has 1 spiro atoms. The molecule has 3 atom stereocenters. The van der Waals surface area contributed by atoms with E-state index in [2.05, 4.69) is 27.3 Å². The number of halogens is 2. The van der Waals surface area contributed by atoms with Crippen molar-refractivity contribution < 1.29 is 13.5 Å². The Morgan fingerprint density at radius 1 is 1.15 bits per heavy atom. The summed E-state index contributed by atoms with van der Waals surface area (Å²) in [5.74, 6) is -0.264. The number of hydrogen-bond acceptors (Lipinski definition) is 4. The van der Waals surface area contributed by atoms with Gasteiger partial charge >= 0.3 is 0 Å². The van der Waals surface area contributed by atoms with E-state index in [1.54, 1.807) is 12.1 Å². The molecule has 3 heterocycles. The van der Waals surface area contributed by atoms with Crippen molar-refractivity contribution in [2.24, 2.45) is 4.99 Å². The zero-order valence-corrected chi connectivity index (χ0v) is 14.9. The first-order valence-corrected chi connectivity index (χ1v) is 9.34. The van der Waals surface area contributed by atoms with Crippen LogP contribution >= 0.6 is 0 Å². The Morgan fingerprint density at radius 3 is 2.74 bits per heavy atom. The first-order valence-electron chi connectivity index (χ1n) is 9.34. The molecule has 27 heavy (non-hydrogen) atoms. The number of amidine groups is 1. The second-order valence-electron chi connectivity index (χ2n) is 7.46. The van der Waals surface area contributed by atoms with Gasteiger partial charge in [0.15, 0.2) is 11.8 Å². The van der Waals surface area contributed by atoms with Crippen molar-refractivity contribution in [2.45, 2.75) is 24.2 Å². The van der Waals surface area contributed by atoms with E-state index in [0.29, 0.717) is 25.7 Å². The van der Waals surface area contributed by atoms with Gasteiger partial charge in [0.05, 0.1) is 12.6 Å². The van der Waals surface area contributed by atoms with Crippen LogP contribution in [0.5, 0.6) is 0 Å². The SMILES string of the molecule is Fc1ccc([C@H]2c3ccccc3CCN2C2=NCC3(CNC[C@@H]3F)O2)cc1. The Labute approximate surface area is 156 Å². The Balaban J connectivity index is 1.52. The smallest absolute Gasteiger partial charge is 0.289 e. The number of fused-ring (bicyclic) bond motifs is 1. The number of rotatable bonds is 1. The molecule has 3 aliphatic rings. The molecule has 2 aromatic carbocycles. The summed E-state index contributed by atoms with van der Waals surface area (Å²) in [5, 5.41) is 3.06. The van der Waals surface area contributed by atoms with Gasteiger partial charge < -0.3 is 15.0 Å². The number of ether oxygens (including phenoxy) is 1. The summed E-state index contributed by atoms with van der Waals surface area (Å²) in [5.41, 5.74) is 2.50. The summed E-state index contributed by atoms with van der Waals surface area (Å²) >= 11 is 0. The van der Waals surface area contributed by atoms with Gasteiger partial charge in [-0.05, 0) is 35.2 Å². The second kappa shape index (κ2) is 6.30. The lowest BCUT2D eigenvalue weighted by Crippen LogP contribution is -2.47. The minimum absolute atomic E-state index is 0.128. The van der Waals surface area contributed by atoms with E-state index >= 15 is 0 Å². The summed E-state index contributed by atoms with van der Waals surface area (Å²) < 4.78 is 34.0. The van der Waals surface area contributed by atoms with Gasteiger partial charge in [-0.15, -0.1) is 0 Å². The van der Waals surface area contributed by atoms with Gasteiger partial charge in [-0.1, -0.05) is 36.4 Å². The largest absolute Gasteiger partial charge is 0.452 e. The molecule has 1 unspecified atom stereocenters. The number of nitrogens with one attached hydrogen (secondary N) is 1. The average Bonchev–Trinajstić information content (AvgIpc) is 3.28. The monoisotopic (exact) mass is 369 g/mol. The van der Waals surface area contributed by atoms with Crippen LogP contribution in [0.25, 0.3) is 0 Å². The molecule has 4 nitrogen and oxygen atoms in total. The molecule has 1 saturated heterocycles. The van der Waals surface area contributed by atoms with Crippen molar-refractivity contribution in [3.05, 3.63) is 71.0 Å². The first-order chi connectivity index (χ1) is 13.2. The quantitative estimate of drug-likeness (QED) is 0.840. The fraction of sp³-hybridized carbons (Fsp3) is 0.381. The maximum Gasteiger partial charge on any atom is 0.289 e. The molecular weight excluding hydrogens is 348 g/mol. The van der Waals surface area contributed by atoms with E-state index in [1.807, 2.05) is 12.1 Å². The topological polar surface area (TPSA) is 36.9 Å². The van der Waals surface area contributed by atoms with Gasteiger partial charge in [0.2, 0.25) is 0 Å². The van der Waals surface area contributed by atoms with Crippen LogP contribution in [0.4, 0.5) is 8.78 Å². The van der Waals surface area contributed by atoms with Crippen molar-refractivity contribution in [1.82, 2.24) is 10.2 Å². The third kappa shape index (κ3) is 2.70. The van der Waals surface area contributed by atoms with Crippen molar-refractivity contribution in [3.8, 4) is 0 Å². The number of aliphatic imine (C=N–C) groups is 1. The fourth-order valence-electron chi connectivity index (χ4n) is 4.34. The highest BCUT2D eigenvalue weighted by Gasteiger charge is 2.51. The average molecular weight is 369 g/mol. The Hall–Kier alpha value is -2.47. The highest BCUT2D eigenvalue weighted by atomic mass is 19.1. The normalized spacial score (nSPS) is 29.6. The maximum absolute atomic E-state index is 14.4. The van der Waals surface area contributed by atoms with Crippen molar-refractivity contribution >= 4 is 6.02 Å². The van der Waals surface area contributed by atoms with E-state index in [1.165, 1.54) is 17.7 Å². The van der Waals surface area contributed by atoms with Crippen LogP contribution in [0, 0.1) is 5.82 Å². The van der Waals surface area contributed by atoms with Gasteiger partial charge in [0.1, 0.15) is 5.82 Å². The van der Waals surface area contributed by atoms with Gasteiger partial charge in [-0.3, -0.25) is 0 Å². The molecule has 5 rings (SSSR count). The minimum atomic E-state index is -1.07. The van der Waals surface area contributed by atoms with Gasteiger partial charge in [0.25, 0.3) is 6.02 Å². The van der Waals surface area contributed by atoms with Gasteiger partial charge in [-0.25, -0.2) is 13.8 Å². The van der Waals surface area contributed by atoms with Gasteiger partial charge in [-0.2, -0.15) is 0 Å². The molecule has 0 radical (unpaired) electrons. The summed E-state index contributed by atoms with van der Waals surface area (Å²) in [4.78, 5) is 6.67. The number of alkyl halides is 1. The van der Waals surface area contributed by atoms with E-state index in [9.17, 15) is 8.78 Å². The molecule has 1 N–H and O–H groups in total. The summed E-state index contributed by atoms with van der Waals surface area (Å²) in [6.07, 6.45) is -0.208. The lowest BCUT2D eigenvalue weighted by molar-refractivity contribution is 0.0238. The molecular formula is C21H21F2N3O. The van der Waals surface area contributed by atoms with Crippen LogP contribution in [0.1, 0.15) is 22.7 Å². The molecule has 6 heteroatoms. The minimum Gasteiger partial charge on any atom is -0.452 e. The highest BCUT2D eigenvalue weighted by Crippen LogP contribution is 2.38. The predicted molar refractivity (Wildman–Crippen MR) is 99.0 cm³/mol. The molecule has 0 aromatic heterocycles. The van der Waals surface area contributed by atoms with Crippen LogP contribution < -0.4 is 5.32 Å². The van der Waals surface area contributed by atoms with Crippen molar-refractivity contribution in [1.29, 1.82) is 0 Å². The van der Waals surface area contributed by atoms with E-state index in [4.69, 9.17) is 4.74 Å². The summed E-state index contributed by atoms with van der Waals surface area (Å²) in [6.45, 7) is 1.81. The lowest BCUT2D eigenvalue weighted by Gasteiger charge is -2.39. The standard InChI is InChI=1S/C21H21F2N3O/c22-16-7-5-15(6-8-16)19-17-4-2-1-3-14(17)9-10-26(19)20-25-13-21(27-20)12-24-11-18(21)23/h1-8,18-19,24H,9-13H2/t18-,19-,21?/m0/s1. The molecule has 140 valence electrons. The number of benzene rings is 2. The Morgan fingerprint density at radius 2 is 1.96 bits per heavy atom. The molecule has 1 fully saturated rings. The fourth-order valence-corrected chi connectivity index (χ4v) is 4.34. The molecule has 3 aliphatic heterocycles. The van der Waals surface area contributed by atoms with Crippen LogP contribution in [-0.4, -0.2) is 48.9 Å². The summed E-state index contributed by atoms with van der Waals surface area (Å²) in [6, 6.07) is 15.2. The third-order valence-corrected chi connectivity index (χ3v) is 5.81. The molecule has 0 bridgehead atoms. The van der Waals surface area contributed by atoms with E-state index in [0.717, 1.165) is 24.1 Å². The zero-order valence-electron chi connectivity index (χ0n) is 14.9. The zero-order chi connectivity index (χ0) is 18.4. The number of hydrogen-bond donors (Lipinski definition) is 1. The third-order valence-electron chi connectivity index (χ3n) is 5.81. The molecule has 0 saturated carbocycles. The molecule has 0 aliphatic carbocycles.